The molecule has 2 N–H and O–H groups in total. The van der Waals surface area contributed by atoms with Crippen LogP contribution in [0.25, 0.3) is 0 Å². The van der Waals surface area contributed by atoms with E-state index in [1.807, 2.05) is 0 Å². The van der Waals surface area contributed by atoms with E-state index in [-0.39, 0.29) is 0 Å². The second-order valence-electron chi connectivity index (χ2n) is 4.60. The van der Waals surface area contributed by atoms with Crippen molar-refractivity contribution in [2.24, 2.45) is 0 Å². The van der Waals surface area contributed by atoms with Gasteiger partial charge in [-0.05, 0) is 19.9 Å². The Balaban J connectivity index is 2.43. The predicted molar refractivity (Wildman–Crippen MR) is 62.1 cm³/mol. The Bertz CT molecular complexity index is 250. The molecule has 0 fully saturated rings. The van der Waals surface area contributed by atoms with Crippen LogP contribution in [0.1, 0.15) is 33.1 Å². The Labute approximate surface area is 87.6 Å². The first kappa shape index (κ1) is 11.3. The quantitative estimate of drug-likeness (QED) is 0.658. The summed E-state index contributed by atoms with van der Waals surface area (Å²) in [7, 11) is 0. The van der Waals surface area contributed by atoms with Crippen molar-refractivity contribution in [3.8, 4) is 0 Å². The third-order valence-corrected chi connectivity index (χ3v) is 2.54. The van der Waals surface area contributed by atoms with Gasteiger partial charge >= 0.3 is 0 Å². The molecule has 1 heterocycles. The second-order valence-corrected chi connectivity index (χ2v) is 4.60. The number of nitrogens with two attached hydrogens (primary N) is 1. The molecule has 0 aliphatic carbocycles. The lowest BCUT2D eigenvalue weighted by atomic mass is 9.97. The van der Waals surface area contributed by atoms with E-state index in [1.165, 1.54) is 17.6 Å². The molecule has 0 aromatic heterocycles. The van der Waals surface area contributed by atoms with Crippen molar-refractivity contribution in [2.75, 3.05) is 0 Å². The third-order valence-electron chi connectivity index (χ3n) is 2.54. The van der Waals surface area contributed by atoms with Crippen LogP contribution >= 0.6 is 0 Å². The summed E-state index contributed by atoms with van der Waals surface area (Å²) in [5.41, 5.74) is 2.56. The molecule has 0 aromatic carbocycles. The van der Waals surface area contributed by atoms with E-state index >= 15 is 0 Å². The summed E-state index contributed by atoms with van der Waals surface area (Å²) >= 11 is 0. The van der Waals surface area contributed by atoms with E-state index in [0.717, 1.165) is 12.8 Å². The molecule has 2 unspecified atom stereocenters. The van der Waals surface area contributed by atoms with Crippen LogP contribution in [-0.2, 0) is 0 Å². The number of rotatable bonds is 4. The van der Waals surface area contributed by atoms with Gasteiger partial charge in [-0.2, -0.15) is 0 Å². The van der Waals surface area contributed by atoms with Gasteiger partial charge in [-0.1, -0.05) is 30.4 Å². The number of hydrogen-bond donors (Lipinski definition) is 1. The highest BCUT2D eigenvalue weighted by Gasteiger charge is 2.20. The zero-order valence-corrected chi connectivity index (χ0v) is 9.42. The summed E-state index contributed by atoms with van der Waals surface area (Å²) in [6.45, 7) is 12.1. The van der Waals surface area contributed by atoms with Crippen LogP contribution in [-0.4, -0.2) is 12.1 Å². The summed E-state index contributed by atoms with van der Waals surface area (Å²) in [5.74, 6) is 0. The number of quaternary nitrogens is 1. The Kier molecular flexibility index (Phi) is 4.15. The average molecular weight is 192 g/mol. The minimum atomic E-state index is 0.602. The first-order chi connectivity index (χ1) is 6.58. The fourth-order valence-electron chi connectivity index (χ4n) is 2.06. The van der Waals surface area contributed by atoms with Crippen molar-refractivity contribution in [3.63, 3.8) is 0 Å². The van der Waals surface area contributed by atoms with Gasteiger partial charge in [-0.15, -0.1) is 0 Å². The van der Waals surface area contributed by atoms with E-state index in [4.69, 9.17) is 0 Å². The Morgan fingerprint density at radius 2 is 1.93 bits per heavy atom. The predicted octanol–water partition coefficient (Wildman–Crippen LogP) is 2.18. The van der Waals surface area contributed by atoms with Crippen LogP contribution in [0.4, 0.5) is 0 Å². The zero-order chi connectivity index (χ0) is 10.6. The molecule has 1 heteroatoms. The highest BCUT2D eigenvalue weighted by atomic mass is 14.9. The highest BCUT2D eigenvalue weighted by molar-refractivity contribution is 5.02. The number of hydrogen-bond acceptors (Lipinski definition) is 0. The SMILES string of the molecule is C=C(C)CC1C=CCC(CC(=C)C)[NH2+]1. The lowest BCUT2D eigenvalue weighted by molar-refractivity contribution is -0.713. The molecule has 0 aromatic rings. The summed E-state index contributed by atoms with van der Waals surface area (Å²) in [6.07, 6.45) is 8.03. The lowest BCUT2D eigenvalue weighted by Crippen LogP contribution is -2.95. The van der Waals surface area contributed by atoms with Crippen molar-refractivity contribution in [2.45, 2.75) is 45.2 Å². The van der Waals surface area contributed by atoms with Gasteiger partial charge in [0.1, 0.15) is 6.04 Å². The molecular formula is C13H22N+. The smallest absolute Gasteiger partial charge is 0.108 e. The molecule has 14 heavy (non-hydrogen) atoms. The lowest BCUT2D eigenvalue weighted by Gasteiger charge is -2.23. The summed E-state index contributed by atoms with van der Waals surface area (Å²) in [4.78, 5) is 0. The molecule has 1 nitrogen and oxygen atoms in total. The van der Waals surface area contributed by atoms with Crippen LogP contribution in [0.3, 0.4) is 0 Å². The van der Waals surface area contributed by atoms with Gasteiger partial charge in [-0.3, -0.25) is 0 Å². The van der Waals surface area contributed by atoms with Crippen molar-refractivity contribution in [3.05, 3.63) is 36.5 Å². The van der Waals surface area contributed by atoms with E-state index < -0.39 is 0 Å². The van der Waals surface area contributed by atoms with Gasteiger partial charge in [0.25, 0.3) is 0 Å². The maximum absolute atomic E-state index is 3.97. The molecule has 0 saturated carbocycles. The molecule has 2 atom stereocenters. The largest absolute Gasteiger partial charge is 0.337 e. The first-order valence-electron chi connectivity index (χ1n) is 5.38. The molecule has 1 aliphatic rings. The van der Waals surface area contributed by atoms with Crippen molar-refractivity contribution in [1.29, 1.82) is 0 Å². The minimum Gasteiger partial charge on any atom is -0.337 e. The Morgan fingerprint density at radius 1 is 1.29 bits per heavy atom. The average Bonchev–Trinajstić information content (AvgIpc) is 2.01. The molecule has 78 valence electrons. The molecule has 1 rings (SSSR count). The van der Waals surface area contributed by atoms with Crippen molar-refractivity contribution in [1.82, 2.24) is 0 Å². The standard InChI is InChI=1S/C13H21N/c1-10(2)8-12-6-5-7-13(14-12)9-11(3)4/h5-6,12-14H,1,3,7-9H2,2,4H3/p+1. The fraction of sp³-hybridized carbons (Fsp3) is 0.538. The van der Waals surface area contributed by atoms with Gasteiger partial charge in [-0.25, -0.2) is 0 Å². The maximum atomic E-state index is 3.97. The van der Waals surface area contributed by atoms with E-state index in [9.17, 15) is 0 Å². The highest BCUT2D eigenvalue weighted by Crippen LogP contribution is 2.09. The van der Waals surface area contributed by atoms with Crippen LogP contribution in [0.15, 0.2) is 36.5 Å². The summed E-state index contributed by atoms with van der Waals surface area (Å²) in [5, 5.41) is 2.46. The Hall–Kier alpha value is -0.820. The zero-order valence-electron chi connectivity index (χ0n) is 9.42. The molecular weight excluding hydrogens is 170 g/mol. The van der Waals surface area contributed by atoms with Gasteiger partial charge in [0.05, 0.1) is 6.04 Å². The van der Waals surface area contributed by atoms with Crippen LogP contribution < -0.4 is 5.32 Å². The Morgan fingerprint density at radius 3 is 2.50 bits per heavy atom. The van der Waals surface area contributed by atoms with Gasteiger partial charge in [0.2, 0.25) is 0 Å². The third kappa shape index (κ3) is 3.93. The summed E-state index contributed by atoms with van der Waals surface area (Å²) < 4.78 is 0. The minimum absolute atomic E-state index is 0.602. The molecule has 0 amide bonds. The van der Waals surface area contributed by atoms with E-state index in [2.05, 4.69) is 44.5 Å². The summed E-state index contributed by atoms with van der Waals surface area (Å²) in [6, 6.07) is 1.30. The van der Waals surface area contributed by atoms with E-state index in [1.54, 1.807) is 0 Å². The van der Waals surface area contributed by atoms with E-state index in [0.29, 0.717) is 12.1 Å². The molecule has 0 spiro atoms. The van der Waals surface area contributed by atoms with Gasteiger partial charge < -0.3 is 5.32 Å². The topological polar surface area (TPSA) is 16.6 Å². The molecule has 0 saturated heterocycles. The van der Waals surface area contributed by atoms with Crippen LogP contribution in [0, 0.1) is 0 Å². The fourth-order valence-corrected chi connectivity index (χ4v) is 2.06. The first-order valence-corrected chi connectivity index (χ1v) is 5.38. The van der Waals surface area contributed by atoms with Crippen LogP contribution in [0.2, 0.25) is 0 Å². The normalized spacial score (nSPS) is 26.1. The monoisotopic (exact) mass is 192 g/mol. The van der Waals surface area contributed by atoms with Crippen molar-refractivity contribution < 1.29 is 5.32 Å². The molecule has 1 aliphatic heterocycles. The van der Waals surface area contributed by atoms with Crippen molar-refractivity contribution >= 4 is 0 Å². The maximum Gasteiger partial charge on any atom is 0.108 e. The second kappa shape index (κ2) is 5.16. The van der Waals surface area contributed by atoms with Crippen LogP contribution in [0.5, 0.6) is 0 Å². The molecule has 0 bridgehead atoms. The van der Waals surface area contributed by atoms with Gasteiger partial charge in [0, 0.05) is 19.3 Å². The molecule has 0 radical (unpaired) electrons. The van der Waals surface area contributed by atoms with Gasteiger partial charge in [0.15, 0.2) is 0 Å².